The third kappa shape index (κ3) is 4.14. The molecule has 2 unspecified atom stereocenters. The van der Waals surface area contributed by atoms with E-state index in [0.717, 1.165) is 63.2 Å². The number of nitriles is 1. The van der Waals surface area contributed by atoms with E-state index >= 15 is 0 Å². The van der Waals surface area contributed by atoms with Gasteiger partial charge in [0.25, 0.3) is 5.91 Å². The summed E-state index contributed by atoms with van der Waals surface area (Å²) >= 11 is 0. The molecule has 7 heteroatoms. The number of nitrogens with one attached hydrogen (secondary N) is 1. The molecule has 4 bridgehead atoms. The van der Waals surface area contributed by atoms with Crippen LogP contribution in [-0.2, 0) is 0 Å². The minimum Gasteiger partial charge on any atom is -0.390 e. The highest BCUT2D eigenvalue weighted by Crippen LogP contribution is 2.55. The van der Waals surface area contributed by atoms with Crippen molar-refractivity contribution < 1.29 is 9.90 Å². The monoisotopic (exact) mass is 471 g/mol. The first kappa shape index (κ1) is 22.4. The number of nitrogens with zero attached hydrogens (tertiary/aromatic N) is 4. The molecule has 2 aromatic rings. The number of aliphatic hydroxyl groups is 1. The number of piperazine rings is 1. The molecule has 2 N–H and O–H groups in total. The van der Waals surface area contributed by atoms with Crippen molar-refractivity contribution in [3.63, 3.8) is 0 Å². The molecule has 182 valence electrons. The van der Waals surface area contributed by atoms with Crippen molar-refractivity contribution in [2.24, 2.45) is 17.8 Å². The summed E-state index contributed by atoms with van der Waals surface area (Å²) in [6.07, 6.45) is 4.83. The third-order valence-corrected chi connectivity index (χ3v) is 8.79. The van der Waals surface area contributed by atoms with Gasteiger partial charge in [0.15, 0.2) is 0 Å². The topological polar surface area (TPSA) is 92.5 Å². The van der Waals surface area contributed by atoms with Gasteiger partial charge in [-0.3, -0.25) is 4.79 Å². The summed E-state index contributed by atoms with van der Waals surface area (Å²) in [4.78, 5) is 22.6. The number of carbonyl (C=O) groups is 1. The van der Waals surface area contributed by atoms with Gasteiger partial charge in [0.2, 0.25) is 0 Å². The Morgan fingerprint density at radius 2 is 1.86 bits per heavy atom. The van der Waals surface area contributed by atoms with Gasteiger partial charge in [-0.2, -0.15) is 5.26 Å². The first-order valence-corrected chi connectivity index (χ1v) is 12.9. The molecule has 1 aliphatic heterocycles. The van der Waals surface area contributed by atoms with Gasteiger partial charge < -0.3 is 20.2 Å². The van der Waals surface area contributed by atoms with Gasteiger partial charge in [0, 0.05) is 37.4 Å². The quantitative estimate of drug-likeness (QED) is 0.711. The van der Waals surface area contributed by atoms with E-state index in [4.69, 9.17) is 10.2 Å². The molecule has 0 spiro atoms. The fourth-order valence-corrected chi connectivity index (χ4v) is 7.43. The lowest BCUT2D eigenvalue weighted by molar-refractivity contribution is -0.136. The molecule has 7 nitrogen and oxygen atoms in total. The van der Waals surface area contributed by atoms with Gasteiger partial charge in [0.1, 0.15) is 11.5 Å². The van der Waals surface area contributed by atoms with Crippen molar-refractivity contribution in [3.05, 3.63) is 53.7 Å². The SMILES string of the molecule is C[C@H]1CN(c2ccc(C#N)cc2)CCN1c1cccc(C(=O)N[C@H]2C3CC4CC2C[C@](O)(C4)C3)n1. The van der Waals surface area contributed by atoms with Crippen LogP contribution >= 0.6 is 0 Å². The van der Waals surface area contributed by atoms with Crippen LogP contribution in [0.15, 0.2) is 42.5 Å². The van der Waals surface area contributed by atoms with Gasteiger partial charge in [-0.1, -0.05) is 6.07 Å². The van der Waals surface area contributed by atoms with Gasteiger partial charge in [-0.25, -0.2) is 4.98 Å². The highest BCUT2D eigenvalue weighted by molar-refractivity contribution is 5.93. The summed E-state index contributed by atoms with van der Waals surface area (Å²) in [6, 6.07) is 16.0. The maximum absolute atomic E-state index is 13.2. The molecular weight excluding hydrogens is 438 g/mol. The fourth-order valence-electron chi connectivity index (χ4n) is 7.43. The average molecular weight is 472 g/mol. The Bertz CT molecular complexity index is 1140. The Balaban J connectivity index is 1.12. The van der Waals surface area contributed by atoms with Gasteiger partial charge in [0.05, 0.1) is 17.2 Å². The van der Waals surface area contributed by atoms with E-state index in [9.17, 15) is 9.90 Å². The standard InChI is InChI=1S/C28H33N5O2/c1-18-17-32(23-7-5-19(16-29)6-8-23)9-10-33(18)25-4-2-3-24(30-25)27(34)31-26-21-11-20-12-22(26)15-28(35,13-20)14-21/h2-8,18,20-22,26,35H,9-15,17H2,1H3,(H,31,34)/t18-,20?,21?,22?,26-,28-/m0/s1. The van der Waals surface area contributed by atoms with Gasteiger partial charge in [-0.15, -0.1) is 0 Å². The van der Waals surface area contributed by atoms with E-state index in [-0.39, 0.29) is 18.0 Å². The lowest BCUT2D eigenvalue weighted by Crippen LogP contribution is -2.61. The Morgan fingerprint density at radius 1 is 1.11 bits per heavy atom. The first-order chi connectivity index (χ1) is 16.9. The molecule has 1 aromatic heterocycles. The molecule has 3 atom stereocenters. The van der Waals surface area contributed by atoms with Crippen LogP contribution in [0, 0.1) is 29.1 Å². The molecular formula is C28H33N5O2. The second-order valence-corrected chi connectivity index (χ2v) is 11.2. The number of hydrogen-bond acceptors (Lipinski definition) is 6. The predicted molar refractivity (Wildman–Crippen MR) is 134 cm³/mol. The van der Waals surface area contributed by atoms with Crippen molar-refractivity contribution >= 4 is 17.4 Å². The molecule has 2 heterocycles. The van der Waals surface area contributed by atoms with Crippen LogP contribution in [-0.4, -0.2) is 53.3 Å². The summed E-state index contributed by atoms with van der Waals surface area (Å²) in [7, 11) is 0. The second kappa shape index (κ2) is 8.53. The van der Waals surface area contributed by atoms with E-state index in [1.54, 1.807) is 6.07 Å². The molecule has 1 aromatic carbocycles. The highest BCUT2D eigenvalue weighted by Gasteiger charge is 2.55. The van der Waals surface area contributed by atoms with Crippen LogP contribution in [0.4, 0.5) is 11.5 Å². The van der Waals surface area contributed by atoms with E-state index in [1.165, 1.54) is 0 Å². The summed E-state index contributed by atoms with van der Waals surface area (Å²) < 4.78 is 0. The maximum Gasteiger partial charge on any atom is 0.270 e. The molecule has 7 rings (SSSR count). The second-order valence-electron chi connectivity index (χ2n) is 11.2. The minimum atomic E-state index is -0.494. The number of rotatable bonds is 4. The molecule has 1 amide bonds. The van der Waals surface area contributed by atoms with E-state index in [1.807, 2.05) is 36.4 Å². The average Bonchev–Trinajstić information content (AvgIpc) is 2.85. The van der Waals surface area contributed by atoms with Gasteiger partial charge in [-0.05, 0) is 93.2 Å². The van der Waals surface area contributed by atoms with Crippen molar-refractivity contribution in [1.82, 2.24) is 10.3 Å². The number of amides is 1. The Labute approximate surface area is 206 Å². The summed E-state index contributed by atoms with van der Waals surface area (Å²) in [5, 5.41) is 23.2. The molecule has 5 aliphatic rings. The normalized spacial score (nSPS) is 33.5. The Morgan fingerprint density at radius 3 is 2.51 bits per heavy atom. The van der Waals surface area contributed by atoms with Crippen molar-refractivity contribution in [1.29, 1.82) is 5.26 Å². The lowest BCUT2D eigenvalue weighted by atomic mass is 9.52. The zero-order valence-electron chi connectivity index (χ0n) is 20.2. The highest BCUT2D eigenvalue weighted by atomic mass is 16.3. The van der Waals surface area contributed by atoms with E-state index in [0.29, 0.717) is 29.0 Å². The molecule has 1 saturated heterocycles. The maximum atomic E-state index is 13.2. The summed E-state index contributed by atoms with van der Waals surface area (Å²) in [6.45, 7) is 4.69. The van der Waals surface area contributed by atoms with E-state index < -0.39 is 5.60 Å². The van der Waals surface area contributed by atoms with Crippen molar-refractivity contribution in [2.45, 2.75) is 56.7 Å². The fraction of sp³-hybridized carbons (Fsp3) is 0.536. The third-order valence-electron chi connectivity index (χ3n) is 8.79. The Hall–Kier alpha value is -3.11. The zero-order valence-corrected chi connectivity index (χ0v) is 20.2. The number of benzene rings is 1. The summed E-state index contributed by atoms with van der Waals surface area (Å²) in [5.41, 5.74) is 1.77. The van der Waals surface area contributed by atoms with Crippen LogP contribution in [0.2, 0.25) is 0 Å². The van der Waals surface area contributed by atoms with Crippen LogP contribution in [0.25, 0.3) is 0 Å². The molecule has 4 saturated carbocycles. The smallest absolute Gasteiger partial charge is 0.270 e. The Kier molecular flexibility index (Phi) is 5.45. The number of pyridine rings is 1. The zero-order chi connectivity index (χ0) is 24.2. The number of carbonyl (C=O) groups excluding carboxylic acids is 1. The number of aromatic nitrogens is 1. The molecule has 4 aliphatic carbocycles. The first-order valence-electron chi connectivity index (χ1n) is 12.9. The lowest BCUT2D eigenvalue weighted by Gasteiger charge is -2.58. The van der Waals surface area contributed by atoms with Gasteiger partial charge >= 0.3 is 0 Å². The van der Waals surface area contributed by atoms with Crippen molar-refractivity contribution in [3.8, 4) is 6.07 Å². The van der Waals surface area contributed by atoms with Crippen molar-refractivity contribution in [2.75, 3.05) is 29.4 Å². The largest absolute Gasteiger partial charge is 0.390 e. The van der Waals surface area contributed by atoms with Crippen LogP contribution in [0.1, 0.15) is 55.1 Å². The minimum absolute atomic E-state index is 0.0971. The number of anilines is 2. The van der Waals surface area contributed by atoms with Crippen LogP contribution < -0.4 is 15.1 Å². The van der Waals surface area contributed by atoms with E-state index in [2.05, 4.69) is 28.1 Å². The summed E-state index contributed by atoms with van der Waals surface area (Å²) in [5.74, 6) is 2.13. The molecule has 0 radical (unpaired) electrons. The molecule has 35 heavy (non-hydrogen) atoms. The predicted octanol–water partition coefficient (Wildman–Crippen LogP) is 3.34. The van der Waals surface area contributed by atoms with Crippen LogP contribution in [0.3, 0.4) is 0 Å². The van der Waals surface area contributed by atoms with Crippen LogP contribution in [0.5, 0.6) is 0 Å². The number of hydrogen-bond donors (Lipinski definition) is 2. The molecule has 5 fully saturated rings.